The summed E-state index contributed by atoms with van der Waals surface area (Å²) < 4.78 is 17.2. The monoisotopic (exact) mass is 503 g/mol. The third kappa shape index (κ3) is 5.32. The van der Waals surface area contributed by atoms with Gasteiger partial charge in [-0.15, -0.1) is 0 Å². The number of ether oxygens (including phenoxy) is 3. The van der Waals surface area contributed by atoms with Gasteiger partial charge in [0.05, 0.1) is 37.5 Å². The summed E-state index contributed by atoms with van der Waals surface area (Å²) >= 11 is 9.86. The van der Waals surface area contributed by atoms with Gasteiger partial charge in [0.15, 0.2) is 11.5 Å². The van der Waals surface area contributed by atoms with Crippen molar-refractivity contribution in [2.24, 2.45) is 0 Å². The molecule has 5 nitrogen and oxygen atoms in total. The Morgan fingerprint density at radius 3 is 2.29 bits per heavy atom. The first-order valence-corrected chi connectivity index (χ1v) is 10.8. The molecule has 3 aromatic carbocycles. The highest BCUT2D eigenvalue weighted by molar-refractivity contribution is 9.10. The van der Waals surface area contributed by atoms with Crippen LogP contribution in [0.2, 0.25) is 5.02 Å². The lowest BCUT2D eigenvalue weighted by Gasteiger charge is -2.23. The van der Waals surface area contributed by atoms with Crippen molar-refractivity contribution in [3.05, 3.63) is 86.8 Å². The highest BCUT2D eigenvalue weighted by Crippen LogP contribution is 2.38. The number of amides is 1. The predicted molar refractivity (Wildman–Crippen MR) is 126 cm³/mol. The van der Waals surface area contributed by atoms with E-state index in [9.17, 15) is 4.79 Å². The molecule has 3 aromatic rings. The number of carbonyl (C=O) groups excluding carboxylic acids is 1. The van der Waals surface area contributed by atoms with E-state index >= 15 is 0 Å². The van der Waals surface area contributed by atoms with E-state index in [2.05, 4.69) is 21.2 Å². The zero-order valence-corrected chi connectivity index (χ0v) is 19.8. The van der Waals surface area contributed by atoms with Crippen molar-refractivity contribution in [3.8, 4) is 17.2 Å². The van der Waals surface area contributed by atoms with E-state index < -0.39 is 6.04 Å². The largest absolute Gasteiger partial charge is 0.494 e. The van der Waals surface area contributed by atoms with Crippen molar-refractivity contribution in [3.63, 3.8) is 0 Å². The number of halogens is 2. The highest BCUT2D eigenvalue weighted by Gasteiger charge is 2.23. The molecule has 1 N–H and O–H groups in total. The average molecular weight is 505 g/mol. The minimum absolute atomic E-state index is 0.286. The van der Waals surface area contributed by atoms with Crippen LogP contribution in [0.3, 0.4) is 0 Å². The molecule has 0 radical (unpaired) electrons. The Hall–Kier alpha value is -2.70. The van der Waals surface area contributed by atoms with Gasteiger partial charge in [-0.2, -0.15) is 0 Å². The normalized spacial score (nSPS) is 11.5. The minimum Gasteiger partial charge on any atom is -0.494 e. The van der Waals surface area contributed by atoms with Gasteiger partial charge < -0.3 is 19.5 Å². The van der Waals surface area contributed by atoms with E-state index in [-0.39, 0.29) is 5.91 Å². The molecule has 0 aromatic heterocycles. The van der Waals surface area contributed by atoms with Crippen LogP contribution in [-0.2, 0) is 0 Å². The Bertz CT molecular complexity index is 1060. The molecule has 0 aliphatic rings. The van der Waals surface area contributed by atoms with Gasteiger partial charge in [0.25, 0.3) is 5.91 Å². The van der Waals surface area contributed by atoms with Crippen molar-refractivity contribution >= 4 is 33.4 Å². The maximum Gasteiger partial charge on any atom is 0.253 e. The number of benzene rings is 3. The van der Waals surface area contributed by atoms with Crippen LogP contribution in [0.25, 0.3) is 0 Å². The van der Waals surface area contributed by atoms with Gasteiger partial charge in [0.2, 0.25) is 0 Å². The van der Waals surface area contributed by atoms with Crippen LogP contribution >= 0.6 is 27.5 Å². The lowest BCUT2D eigenvalue weighted by Crippen LogP contribution is -2.29. The van der Waals surface area contributed by atoms with Crippen molar-refractivity contribution in [2.45, 2.75) is 13.0 Å². The van der Waals surface area contributed by atoms with E-state index in [1.807, 2.05) is 43.3 Å². The van der Waals surface area contributed by atoms with E-state index in [1.54, 1.807) is 38.5 Å². The topological polar surface area (TPSA) is 56.8 Å². The first-order chi connectivity index (χ1) is 15.0. The van der Waals surface area contributed by atoms with Crippen LogP contribution in [0.1, 0.15) is 34.5 Å². The van der Waals surface area contributed by atoms with Crippen molar-refractivity contribution in [1.29, 1.82) is 0 Å². The third-order valence-corrected chi connectivity index (χ3v) is 5.75. The SMILES string of the molecule is CCOc1ccc(C(NC(=O)c2ccccc2Cl)c2cc(OC)c(OC)cc2Br)cc1. The minimum atomic E-state index is -0.478. The fourth-order valence-electron chi connectivity index (χ4n) is 3.21. The summed E-state index contributed by atoms with van der Waals surface area (Å²) in [4.78, 5) is 13.1. The lowest BCUT2D eigenvalue weighted by atomic mass is 9.97. The van der Waals surface area contributed by atoms with Crippen LogP contribution < -0.4 is 19.5 Å². The molecular weight excluding hydrogens is 482 g/mol. The Labute approximate surface area is 195 Å². The maximum absolute atomic E-state index is 13.1. The van der Waals surface area contributed by atoms with Gasteiger partial charge in [-0.25, -0.2) is 0 Å². The van der Waals surface area contributed by atoms with E-state index in [0.29, 0.717) is 28.7 Å². The van der Waals surface area contributed by atoms with Crippen molar-refractivity contribution < 1.29 is 19.0 Å². The summed E-state index contributed by atoms with van der Waals surface area (Å²) in [5.41, 5.74) is 2.08. The first kappa shape index (κ1) is 23.0. The number of hydrogen-bond donors (Lipinski definition) is 1. The van der Waals surface area contributed by atoms with Crippen LogP contribution in [0, 0.1) is 0 Å². The molecule has 0 saturated heterocycles. The number of nitrogens with one attached hydrogen (secondary N) is 1. The molecule has 0 fully saturated rings. The quantitative estimate of drug-likeness (QED) is 0.406. The summed E-state index contributed by atoms with van der Waals surface area (Å²) in [6.45, 7) is 2.51. The molecule has 0 saturated carbocycles. The number of hydrogen-bond acceptors (Lipinski definition) is 4. The zero-order valence-electron chi connectivity index (χ0n) is 17.4. The van der Waals surface area contributed by atoms with Crippen LogP contribution in [0.5, 0.6) is 17.2 Å². The van der Waals surface area contributed by atoms with Crippen LogP contribution in [0.4, 0.5) is 0 Å². The lowest BCUT2D eigenvalue weighted by molar-refractivity contribution is 0.0943. The predicted octanol–water partition coefficient (Wildman–Crippen LogP) is 6.04. The Morgan fingerprint density at radius 1 is 1.03 bits per heavy atom. The van der Waals surface area contributed by atoms with Crippen LogP contribution in [-0.4, -0.2) is 26.7 Å². The molecule has 1 amide bonds. The fourth-order valence-corrected chi connectivity index (χ4v) is 3.98. The fraction of sp³-hybridized carbons (Fsp3) is 0.208. The summed E-state index contributed by atoms with van der Waals surface area (Å²) in [5, 5.41) is 3.48. The van der Waals surface area contributed by atoms with Crippen molar-refractivity contribution in [2.75, 3.05) is 20.8 Å². The Morgan fingerprint density at radius 2 is 1.68 bits per heavy atom. The van der Waals surface area contributed by atoms with Gasteiger partial charge in [-0.1, -0.05) is 51.8 Å². The molecule has 0 heterocycles. The van der Waals surface area contributed by atoms with Gasteiger partial charge >= 0.3 is 0 Å². The summed E-state index contributed by atoms with van der Waals surface area (Å²) in [6, 6.07) is 17.7. The van der Waals surface area contributed by atoms with Gasteiger partial charge in [0.1, 0.15) is 5.75 Å². The van der Waals surface area contributed by atoms with Gasteiger partial charge in [-0.3, -0.25) is 4.79 Å². The summed E-state index contributed by atoms with van der Waals surface area (Å²) in [7, 11) is 3.15. The highest BCUT2D eigenvalue weighted by atomic mass is 79.9. The zero-order chi connectivity index (χ0) is 22.4. The number of carbonyl (C=O) groups is 1. The molecule has 1 atom stereocenters. The van der Waals surface area contributed by atoms with E-state index in [0.717, 1.165) is 21.3 Å². The molecule has 162 valence electrons. The van der Waals surface area contributed by atoms with Gasteiger partial charge in [0, 0.05) is 4.47 Å². The second-order valence-electron chi connectivity index (χ2n) is 6.62. The van der Waals surface area contributed by atoms with E-state index in [1.165, 1.54) is 0 Å². The second-order valence-corrected chi connectivity index (χ2v) is 7.88. The summed E-state index contributed by atoms with van der Waals surface area (Å²) in [6.07, 6.45) is 0. The average Bonchev–Trinajstić information content (AvgIpc) is 2.78. The molecule has 0 aliphatic heterocycles. The van der Waals surface area contributed by atoms with Crippen molar-refractivity contribution in [1.82, 2.24) is 5.32 Å². The number of rotatable bonds is 8. The van der Waals surface area contributed by atoms with Gasteiger partial charge in [-0.05, 0) is 54.4 Å². The standard InChI is InChI=1S/C24H23BrClNO4/c1-4-31-16-11-9-15(10-12-16)23(27-24(28)17-7-5-6-8-20(17)26)18-13-21(29-2)22(30-3)14-19(18)25/h5-14,23H,4H2,1-3H3,(H,27,28). The third-order valence-electron chi connectivity index (χ3n) is 4.73. The Kier molecular flexibility index (Phi) is 7.82. The smallest absolute Gasteiger partial charge is 0.253 e. The second kappa shape index (κ2) is 10.6. The Balaban J connectivity index is 2.06. The molecule has 31 heavy (non-hydrogen) atoms. The first-order valence-electron chi connectivity index (χ1n) is 9.68. The molecule has 0 spiro atoms. The summed E-state index contributed by atoms with van der Waals surface area (Å²) in [5.74, 6) is 1.62. The molecule has 3 rings (SSSR count). The number of methoxy groups -OCH3 is 2. The molecule has 0 bridgehead atoms. The molecular formula is C24H23BrClNO4. The maximum atomic E-state index is 13.1. The molecule has 0 aliphatic carbocycles. The van der Waals surface area contributed by atoms with E-state index in [4.69, 9.17) is 25.8 Å². The van der Waals surface area contributed by atoms with Crippen LogP contribution in [0.15, 0.2) is 65.1 Å². The molecule has 7 heteroatoms. The molecule has 1 unspecified atom stereocenters.